The number of hydrogen-bond acceptors (Lipinski definition) is 2. The number of halogens is 2. The lowest BCUT2D eigenvalue weighted by atomic mass is 10.1. The summed E-state index contributed by atoms with van der Waals surface area (Å²) in [6, 6.07) is 7.94. The van der Waals surface area contributed by atoms with Crippen molar-refractivity contribution in [3.63, 3.8) is 0 Å². The van der Waals surface area contributed by atoms with Gasteiger partial charge in [0.1, 0.15) is 5.82 Å². The van der Waals surface area contributed by atoms with Crippen molar-refractivity contribution in [3.8, 4) is 0 Å². The molecule has 0 N–H and O–H groups in total. The van der Waals surface area contributed by atoms with E-state index in [0.717, 1.165) is 11.3 Å². The normalized spacial score (nSPS) is 10.4. The molecular weight excluding hydrogens is 344 g/mol. The smallest absolute Gasteiger partial charge is 0.169 e. The molecule has 1 aromatic carbocycles. The lowest BCUT2D eigenvalue weighted by Crippen LogP contribution is -2.07. The van der Waals surface area contributed by atoms with Crippen LogP contribution in [0.15, 0.2) is 36.5 Å². The van der Waals surface area contributed by atoms with Gasteiger partial charge in [-0.05, 0) is 59.3 Å². The second-order valence-corrected chi connectivity index (χ2v) is 5.21. The van der Waals surface area contributed by atoms with E-state index in [9.17, 15) is 9.18 Å². The van der Waals surface area contributed by atoms with Crippen molar-refractivity contribution < 1.29 is 9.18 Å². The van der Waals surface area contributed by atoms with Crippen molar-refractivity contribution in [2.45, 2.75) is 13.3 Å². The van der Waals surface area contributed by atoms with Gasteiger partial charge in [0.05, 0.1) is 6.42 Å². The number of hydrogen-bond donors (Lipinski definition) is 0. The van der Waals surface area contributed by atoms with E-state index in [1.807, 2.05) is 41.6 Å². The van der Waals surface area contributed by atoms with Gasteiger partial charge in [0.2, 0.25) is 0 Å². The minimum Gasteiger partial charge on any atom is -0.294 e. The average Bonchev–Trinajstić information content (AvgIpc) is 2.32. The van der Waals surface area contributed by atoms with Gasteiger partial charge in [-0.3, -0.25) is 9.78 Å². The molecule has 0 fully saturated rings. The highest BCUT2D eigenvalue weighted by Crippen LogP contribution is 2.16. The van der Waals surface area contributed by atoms with Crippen molar-refractivity contribution in [2.24, 2.45) is 0 Å². The van der Waals surface area contributed by atoms with Crippen molar-refractivity contribution >= 4 is 28.4 Å². The lowest BCUT2D eigenvalue weighted by Gasteiger charge is -2.04. The number of benzene rings is 1. The summed E-state index contributed by atoms with van der Waals surface area (Å²) in [5, 5.41) is 0. The maximum absolute atomic E-state index is 13.0. The number of pyridine rings is 1. The van der Waals surface area contributed by atoms with Crippen molar-refractivity contribution in [2.75, 3.05) is 0 Å². The molecule has 0 spiro atoms. The summed E-state index contributed by atoms with van der Waals surface area (Å²) in [7, 11) is 0. The molecule has 1 heterocycles. The SMILES string of the molecule is Cc1ccc(CC(=O)c2ccc(F)cc2I)nc1. The first-order valence-corrected chi connectivity index (χ1v) is 6.54. The van der Waals surface area contributed by atoms with E-state index in [-0.39, 0.29) is 18.0 Å². The number of carbonyl (C=O) groups is 1. The predicted octanol–water partition coefficient (Wildman–Crippen LogP) is 3.56. The van der Waals surface area contributed by atoms with Crippen LogP contribution in [0.3, 0.4) is 0 Å². The first kappa shape index (κ1) is 13.1. The first-order valence-electron chi connectivity index (χ1n) is 5.46. The van der Waals surface area contributed by atoms with Gasteiger partial charge in [-0.15, -0.1) is 0 Å². The number of ketones is 1. The molecule has 0 amide bonds. The summed E-state index contributed by atoms with van der Waals surface area (Å²) < 4.78 is 13.6. The Hall–Kier alpha value is -1.30. The summed E-state index contributed by atoms with van der Waals surface area (Å²) in [5.74, 6) is -0.375. The minimum atomic E-state index is -0.329. The van der Waals surface area contributed by atoms with Gasteiger partial charge in [0.25, 0.3) is 0 Å². The number of aromatic nitrogens is 1. The zero-order valence-corrected chi connectivity index (χ0v) is 11.9. The highest BCUT2D eigenvalue weighted by Gasteiger charge is 2.12. The third-order valence-corrected chi connectivity index (χ3v) is 3.44. The van der Waals surface area contributed by atoms with Gasteiger partial charge < -0.3 is 0 Å². The molecule has 0 aliphatic heterocycles. The zero-order valence-electron chi connectivity index (χ0n) is 9.78. The van der Waals surface area contributed by atoms with Crippen LogP contribution < -0.4 is 0 Å². The Kier molecular flexibility index (Phi) is 4.06. The monoisotopic (exact) mass is 355 g/mol. The van der Waals surface area contributed by atoms with Crippen LogP contribution in [0.1, 0.15) is 21.6 Å². The Balaban J connectivity index is 2.19. The van der Waals surface area contributed by atoms with Gasteiger partial charge in [-0.1, -0.05) is 6.07 Å². The molecule has 0 unspecified atom stereocenters. The largest absolute Gasteiger partial charge is 0.294 e. The minimum absolute atomic E-state index is 0.0456. The summed E-state index contributed by atoms with van der Waals surface area (Å²) in [6.45, 7) is 1.95. The molecule has 0 saturated carbocycles. The van der Waals surface area contributed by atoms with Gasteiger partial charge in [0.15, 0.2) is 5.78 Å². The molecule has 0 aliphatic carbocycles. The van der Waals surface area contributed by atoms with Gasteiger partial charge >= 0.3 is 0 Å². The van der Waals surface area contributed by atoms with Crippen molar-refractivity contribution in [1.29, 1.82) is 0 Å². The van der Waals surface area contributed by atoms with Crippen LogP contribution in [0.5, 0.6) is 0 Å². The fourth-order valence-electron chi connectivity index (χ4n) is 1.58. The van der Waals surface area contributed by atoms with E-state index in [4.69, 9.17) is 0 Å². The Morgan fingerprint density at radius 2 is 2.11 bits per heavy atom. The number of aryl methyl sites for hydroxylation is 1. The molecule has 0 atom stereocenters. The van der Waals surface area contributed by atoms with Gasteiger partial charge in [-0.25, -0.2) is 4.39 Å². The number of rotatable bonds is 3. The lowest BCUT2D eigenvalue weighted by molar-refractivity contribution is 0.0991. The molecule has 0 saturated heterocycles. The second-order valence-electron chi connectivity index (χ2n) is 4.05. The molecule has 0 radical (unpaired) electrons. The maximum atomic E-state index is 13.0. The molecule has 4 heteroatoms. The molecule has 92 valence electrons. The van der Waals surface area contributed by atoms with E-state index in [2.05, 4.69) is 4.98 Å². The van der Waals surface area contributed by atoms with Crippen LogP contribution in [-0.2, 0) is 6.42 Å². The predicted molar refractivity (Wildman–Crippen MR) is 76.1 cm³/mol. The van der Waals surface area contributed by atoms with Gasteiger partial charge in [-0.2, -0.15) is 0 Å². The van der Waals surface area contributed by atoms with Crippen LogP contribution in [0.2, 0.25) is 0 Å². The van der Waals surface area contributed by atoms with E-state index in [0.29, 0.717) is 9.13 Å². The molecular formula is C14H11FINO. The molecule has 0 bridgehead atoms. The third kappa shape index (κ3) is 3.13. The van der Waals surface area contributed by atoms with Crippen molar-refractivity contribution in [3.05, 3.63) is 62.7 Å². The summed E-state index contributed by atoms with van der Waals surface area (Å²) in [4.78, 5) is 16.3. The highest BCUT2D eigenvalue weighted by atomic mass is 127. The average molecular weight is 355 g/mol. The van der Waals surface area contributed by atoms with Gasteiger partial charge in [0, 0.05) is 21.0 Å². The Labute approximate surface area is 118 Å². The van der Waals surface area contributed by atoms with Crippen LogP contribution in [-0.4, -0.2) is 10.8 Å². The van der Waals surface area contributed by atoms with Crippen LogP contribution in [0, 0.1) is 16.3 Å². The quantitative estimate of drug-likeness (QED) is 0.623. The Morgan fingerprint density at radius 1 is 1.33 bits per heavy atom. The molecule has 18 heavy (non-hydrogen) atoms. The zero-order chi connectivity index (χ0) is 13.1. The maximum Gasteiger partial charge on any atom is 0.169 e. The van der Waals surface area contributed by atoms with Crippen LogP contribution >= 0.6 is 22.6 Å². The fourth-order valence-corrected chi connectivity index (χ4v) is 2.36. The molecule has 0 aliphatic rings. The van der Waals surface area contributed by atoms with Crippen LogP contribution in [0.25, 0.3) is 0 Å². The number of nitrogens with zero attached hydrogens (tertiary/aromatic N) is 1. The summed E-state index contributed by atoms with van der Waals surface area (Å²) in [6.07, 6.45) is 1.97. The first-order chi connectivity index (χ1) is 8.56. The van der Waals surface area contributed by atoms with E-state index < -0.39 is 0 Å². The number of Topliss-reactive ketones (excluding diaryl/α,β-unsaturated/α-hetero) is 1. The molecule has 2 aromatic rings. The van der Waals surface area contributed by atoms with E-state index >= 15 is 0 Å². The topological polar surface area (TPSA) is 30.0 Å². The van der Waals surface area contributed by atoms with E-state index in [1.54, 1.807) is 6.20 Å². The third-order valence-electron chi connectivity index (χ3n) is 2.55. The van der Waals surface area contributed by atoms with E-state index in [1.165, 1.54) is 18.2 Å². The highest BCUT2D eigenvalue weighted by molar-refractivity contribution is 14.1. The Bertz CT molecular complexity index is 581. The number of carbonyl (C=O) groups excluding carboxylic acids is 1. The molecule has 2 rings (SSSR count). The second kappa shape index (κ2) is 5.56. The molecule has 1 aromatic heterocycles. The Morgan fingerprint density at radius 3 is 2.72 bits per heavy atom. The standard InChI is InChI=1S/C14H11FINO/c1-9-2-4-11(17-8-9)7-14(18)12-5-3-10(15)6-13(12)16/h2-6,8H,7H2,1H3. The van der Waals surface area contributed by atoms with Crippen molar-refractivity contribution in [1.82, 2.24) is 4.98 Å². The fraction of sp³-hybridized carbons (Fsp3) is 0.143. The summed E-state index contributed by atoms with van der Waals surface area (Å²) in [5.41, 5.74) is 2.33. The summed E-state index contributed by atoms with van der Waals surface area (Å²) >= 11 is 1.97. The molecule has 2 nitrogen and oxygen atoms in total. The van der Waals surface area contributed by atoms with Crippen LogP contribution in [0.4, 0.5) is 4.39 Å².